The molecule has 2 heterocycles. The van der Waals surface area contributed by atoms with Crippen LogP contribution in [0, 0.1) is 5.82 Å². The standard InChI is InChI=1S/C22H24FN3O4.ClH/c23-18-4-2-1-3-17(18)22(28)25-15-7-9-26(10-8-15)14-21(27)24-16-5-6-19-20(13-16)30-12-11-29-19;/h1-6,13,15H,7-12,14H2,(H,24,27)(H,25,28);1H/p-1. The van der Waals surface area contributed by atoms with Gasteiger partial charge in [0.2, 0.25) is 5.91 Å². The fraction of sp³-hybridized carbons (Fsp3) is 0.364. The zero-order valence-electron chi connectivity index (χ0n) is 16.9. The molecule has 1 fully saturated rings. The monoisotopic (exact) mass is 448 g/mol. The summed E-state index contributed by atoms with van der Waals surface area (Å²) in [7, 11) is 0. The smallest absolute Gasteiger partial charge is 0.254 e. The summed E-state index contributed by atoms with van der Waals surface area (Å²) in [6.45, 7) is 2.64. The maximum atomic E-state index is 13.7. The van der Waals surface area contributed by atoms with Crippen LogP contribution in [0.25, 0.3) is 0 Å². The van der Waals surface area contributed by atoms with Gasteiger partial charge < -0.3 is 32.5 Å². The van der Waals surface area contributed by atoms with Crippen molar-refractivity contribution in [2.75, 3.05) is 38.2 Å². The predicted octanol–water partition coefficient (Wildman–Crippen LogP) is -0.566. The number of benzene rings is 2. The molecule has 0 spiro atoms. The number of anilines is 1. The number of likely N-dealkylation sites (tertiary alicyclic amines) is 1. The lowest BCUT2D eigenvalue weighted by molar-refractivity contribution is -0.117. The first-order valence-electron chi connectivity index (χ1n) is 10.1. The third-order valence-electron chi connectivity index (χ3n) is 5.23. The van der Waals surface area contributed by atoms with E-state index >= 15 is 0 Å². The van der Waals surface area contributed by atoms with Crippen molar-refractivity contribution >= 4 is 17.5 Å². The second-order valence-electron chi connectivity index (χ2n) is 7.41. The molecular weight excluding hydrogens is 425 g/mol. The molecule has 31 heavy (non-hydrogen) atoms. The number of nitrogens with one attached hydrogen (secondary N) is 2. The van der Waals surface area contributed by atoms with Crippen LogP contribution in [0.2, 0.25) is 0 Å². The van der Waals surface area contributed by atoms with Crippen molar-refractivity contribution in [1.82, 2.24) is 10.2 Å². The summed E-state index contributed by atoms with van der Waals surface area (Å²) in [5, 5.41) is 5.77. The average molecular weight is 449 g/mol. The molecule has 166 valence electrons. The van der Waals surface area contributed by atoms with Gasteiger partial charge >= 0.3 is 0 Å². The van der Waals surface area contributed by atoms with Gasteiger partial charge in [0.15, 0.2) is 11.5 Å². The van der Waals surface area contributed by atoms with Gasteiger partial charge in [0.25, 0.3) is 5.91 Å². The Morgan fingerprint density at radius 3 is 2.48 bits per heavy atom. The highest BCUT2D eigenvalue weighted by Crippen LogP contribution is 2.32. The van der Waals surface area contributed by atoms with E-state index in [-0.39, 0.29) is 36.5 Å². The third kappa shape index (κ3) is 5.86. The van der Waals surface area contributed by atoms with E-state index in [0.29, 0.717) is 56.3 Å². The molecule has 0 radical (unpaired) electrons. The van der Waals surface area contributed by atoms with Crippen LogP contribution in [-0.2, 0) is 4.79 Å². The van der Waals surface area contributed by atoms with Gasteiger partial charge in [-0.15, -0.1) is 0 Å². The summed E-state index contributed by atoms with van der Waals surface area (Å²) in [6, 6.07) is 11.2. The van der Waals surface area contributed by atoms with E-state index in [1.165, 1.54) is 12.1 Å². The quantitative estimate of drug-likeness (QED) is 0.640. The number of hydrogen-bond donors (Lipinski definition) is 2. The van der Waals surface area contributed by atoms with E-state index in [9.17, 15) is 14.0 Å². The van der Waals surface area contributed by atoms with E-state index < -0.39 is 11.7 Å². The second-order valence-corrected chi connectivity index (χ2v) is 7.41. The van der Waals surface area contributed by atoms with Crippen molar-refractivity contribution in [2.45, 2.75) is 18.9 Å². The van der Waals surface area contributed by atoms with Crippen molar-refractivity contribution in [3.05, 3.63) is 53.8 Å². The van der Waals surface area contributed by atoms with Crippen LogP contribution in [0.5, 0.6) is 11.5 Å². The maximum absolute atomic E-state index is 13.7. The zero-order chi connectivity index (χ0) is 20.9. The van der Waals surface area contributed by atoms with Gasteiger partial charge in [0.1, 0.15) is 19.0 Å². The Morgan fingerprint density at radius 1 is 1.03 bits per heavy atom. The van der Waals surface area contributed by atoms with Crippen molar-refractivity contribution in [1.29, 1.82) is 0 Å². The predicted molar refractivity (Wildman–Crippen MR) is 109 cm³/mol. The van der Waals surface area contributed by atoms with E-state index in [0.717, 1.165) is 0 Å². The van der Waals surface area contributed by atoms with Crippen LogP contribution in [-0.4, -0.2) is 55.6 Å². The number of amides is 2. The molecule has 2 amide bonds. The van der Waals surface area contributed by atoms with Gasteiger partial charge in [-0.1, -0.05) is 12.1 Å². The molecule has 0 atom stereocenters. The fourth-order valence-corrected chi connectivity index (χ4v) is 3.67. The Balaban J connectivity index is 0.00000272. The van der Waals surface area contributed by atoms with Crippen LogP contribution < -0.4 is 32.5 Å². The number of piperidine rings is 1. The second kappa shape index (κ2) is 10.5. The van der Waals surface area contributed by atoms with Crippen LogP contribution in [0.4, 0.5) is 10.1 Å². The Labute approximate surface area is 186 Å². The normalized spacial score (nSPS) is 16.2. The van der Waals surface area contributed by atoms with E-state index in [2.05, 4.69) is 10.6 Å². The molecule has 2 aromatic carbocycles. The van der Waals surface area contributed by atoms with Gasteiger partial charge in [-0.25, -0.2) is 4.39 Å². The topological polar surface area (TPSA) is 79.9 Å². The largest absolute Gasteiger partial charge is 1.00 e. The van der Waals surface area contributed by atoms with Crippen molar-refractivity contribution in [3.63, 3.8) is 0 Å². The molecule has 2 N–H and O–H groups in total. The summed E-state index contributed by atoms with van der Waals surface area (Å²) in [5.41, 5.74) is 0.718. The lowest BCUT2D eigenvalue weighted by Gasteiger charge is -2.31. The summed E-state index contributed by atoms with van der Waals surface area (Å²) < 4.78 is 24.8. The molecule has 2 aromatic rings. The number of ether oxygens (including phenoxy) is 2. The molecule has 4 rings (SSSR count). The molecule has 0 unspecified atom stereocenters. The SMILES string of the molecule is O=C(CN1CCC(NC(=O)c2ccccc2F)CC1)Nc1ccc2c(c1)OCCO2.[Cl-]. The number of carbonyl (C=O) groups excluding carboxylic acids is 2. The molecule has 0 aromatic heterocycles. The highest BCUT2D eigenvalue weighted by Gasteiger charge is 2.23. The van der Waals surface area contributed by atoms with Crippen molar-refractivity contribution in [3.8, 4) is 11.5 Å². The number of hydrogen-bond acceptors (Lipinski definition) is 5. The zero-order valence-corrected chi connectivity index (χ0v) is 17.7. The number of carbonyl (C=O) groups is 2. The molecule has 9 heteroatoms. The molecule has 0 saturated carbocycles. The van der Waals surface area contributed by atoms with Crippen LogP contribution in [0.15, 0.2) is 42.5 Å². The molecule has 2 aliphatic rings. The van der Waals surface area contributed by atoms with Crippen LogP contribution >= 0.6 is 0 Å². The van der Waals surface area contributed by atoms with Crippen molar-refractivity contribution in [2.24, 2.45) is 0 Å². The maximum Gasteiger partial charge on any atom is 0.254 e. The minimum atomic E-state index is -0.525. The van der Waals surface area contributed by atoms with E-state index in [1.807, 2.05) is 4.90 Å². The summed E-state index contributed by atoms with van der Waals surface area (Å²) >= 11 is 0. The molecule has 2 aliphatic heterocycles. The van der Waals surface area contributed by atoms with Gasteiger partial charge in [0.05, 0.1) is 12.1 Å². The molecule has 0 aliphatic carbocycles. The Morgan fingerprint density at radius 2 is 1.74 bits per heavy atom. The minimum Gasteiger partial charge on any atom is -1.00 e. The molecule has 1 saturated heterocycles. The highest BCUT2D eigenvalue weighted by atomic mass is 35.5. The Kier molecular flexibility index (Phi) is 7.70. The minimum absolute atomic E-state index is 0. The first kappa shape index (κ1) is 22.8. The summed E-state index contributed by atoms with van der Waals surface area (Å²) in [5.74, 6) is 0.274. The van der Waals surface area contributed by atoms with Crippen LogP contribution in [0.3, 0.4) is 0 Å². The first-order valence-corrected chi connectivity index (χ1v) is 10.1. The van der Waals surface area contributed by atoms with Gasteiger partial charge in [0, 0.05) is 30.9 Å². The lowest BCUT2D eigenvalue weighted by Crippen LogP contribution is -3.00. The number of halogens is 2. The first-order chi connectivity index (χ1) is 14.6. The average Bonchev–Trinajstić information content (AvgIpc) is 2.75. The Bertz CT molecular complexity index is 935. The highest BCUT2D eigenvalue weighted by molar-refractivity contribution is 5.94. The van der Waals surface area contributed by atoms with E-state index in [1.54, 1.807) is 30.3 Å². The summed E-state index contributed by atoms with van der Waals surface area (Å²) in [6.07, 6.45) is 1.41. The van der Waals surface area contributed by atoms with Crippen LogP contribution in [0.1, 0.15) is 23.2 Å². The number of fused-ring (bicyclic) bond motifs is 1. The molecule has 0 bridgehead atoms. The fourth-order valence-electron chi connectivity index (χ4n) is 3.67. The van der Waals surface area contributed by atoms with Gasteiger partial charge in [-0.05, 0) is 37.1 Å². The third-order valence-corrected chi connectivity index (χ3v) is 5.23. The number of rotatable bonds is 5. The molecular formula is C22H24ClFN3O4-. The Hall–Kier alpha value is -2.84. The van der Waals surface area contributed by atoms with Crippen molar-refractivity contribution < 1.29 is 35.9 Å². The van der Waals surface area contributed by atoms with E-state index in [4.69, 9.17) is 9.47 Å². The summed E-state index contributed by atoms with van der Waals surface area (Å²) in [4.78, 5) is 26.7. The van der Waals surface area contributed by atoms with Gasteiger partial charge in [-0.2, -0.15) is 0 Å². The molecule has 7 nitrogen and oxygen atoms in total. The number of nitrogens with zero attached hydrogens (tertiary/aromatic N) is 1. The van der Waals surface area contributed by atoms with Gasteiger partial charge in [-0.3, -0.25) is 14.5 Å². The lowest BCUT2D eigenvalue weighted by atomic mass is 10.0.